The van der Waals surface area contributed by atoms with Gasteiger partial charge in [0, 0.05) is 0 Å². The van der Waals surface area contributed by atoms with E-state index in [0.717, 1.165) is 0 Å². The summed E-state index contributed by atoms with van der Waals surface area (Å²) >= 11 is 0. The number of aliphatic hydroxyl groups is 2. The molecule has 2 nitrogen and oxygen atoms in total. The van der Waals surface area contributed by atoms with Gasteiger partial charge in [0.25, 0.3) is 0 Å². The van der Waals surface area contributed by atoms with Crippen LogP contribution in [-0.2, 0) is 0 Å². The summed E-state index contributed by atoms with van der Waals surface area (Å²) in [6, 6.07) is 0. The average Bonchev–Trinajstić information content (AvgIpc) is 1.81. The van der Waals surface area contributed by atoms with E-state index in [4.69, 9.17) is 10.2 Å². The molecule has 0 radical (unpaired) electrons. The van der Waals surface area contributed by atoms with Crippen LogP contribution in [-0.4, -0.2) is 63.8 Å². The minimum absolute atomic E-state index is 0. The van der Waals surface area contributed by atoms with Gasteiger partial charge in [0.2, 0.25) is 0 Å². The van der Waals surface area contributed by atoms with Gasteiger partial charge in [-0.1, -0.05) is 0 Å². The average molecular weight is 258 g/mol. The van der Waals surface area contributed by atoms with E-state index in [0.29, 0.717) is 0 Å². The quantitative estimate of drug-likeness (QED) is 0.580. The van der Waals surface area contributed by atoms with E-state index in [2.05, 4.69) is 0 Å². The molecule has 15 heavy (non-hydrogen) atoms. The topological polar surface area (TPSA) is 40.5 Å². The van der Waals surface area contributed by atoms with Crippen molar-refractivity contribution in [3.8, 4) is 0 Å². The molecule has 0 aliphatic carbocycles. The van der Waals surface area contributed by atoms with Crippen LogP contribution in [0.2, 0.25) is 0 Å². The number of hydrogen-bond acceptors (Lipinski definition) is 2. The molecule has 0 fully saturated rings. The molecule has 0 aromatic heterocycles. The Labute approximate surface area is 99.2 Å². The molecule has 0 saturated heterocycles. The zero-order valence-electron chi connectivity index (χ0n) is 5.92. The fourth-order valence-corrected chi connectivity index (χ4v) is 0.378. The first-order chi connectivity index (χ1) is 5.75. The Morgan fingerprint density at radius 1 is 0.533 bits per heavy atom. The van der Waals surface area contributed by atoms with Gasteiger partial charge in [0.1, 0.15) is 0 Å². The van der Waals surface area contributed by atoms with Gasteiger partial charge < -0.3 is 10.2 Å². The summed E-state index contributed by atoms with van der Waals surface area (Å²) in [5, 5.41) is 14.5. The Morgan fingerprint density at radius 3 is 0.733 bits per heavy atom. The van der Waals surface area contributed by atoms with Crippen molar-refractivity contribution in [1.29, 1.82) is 0 Å². The first-order valence-corrected chi connectivity index (χ1v) is 2.71. The molecule has 0 amide bonds. The van der Waals surface area contributed by atoms with Gasteiger partial charge in [-0.15, -0.1) is 0 Å². The van der Waals surface area contributed by atoms with Gasteiger partial charge in [-0.2, -0.15) is 35.1 Å². The van der Waals surface area contributed by atoms with E-state index in [1.54, 1.807) is 0 Å². The predicted octanol–water partition coefficient (Wildman–Crippen LogP) is 0.779. The van der Waals surface area contributed by atoms with Crippen molar-refractivity contribution in [3.63, 3.8) is 0 Å². The molecule has 0 spiro atoms. The van der Waals surface area contributed by atoms with Gasteiger partial charge in [0.05, 0.1) is 0 Å². The number of hydrogen-bond donors (Lipinski definition) is 2. The third-order valence-corrected chi connectivity index (χ3v) is 1.15. The van der Waals surface area contributed by atoms with Crippen LogP contribution in [0.4, 0.5) is 35.1 Å². The van der Waals surface area contributed by atoms with Crippen molar-refractivity contribution in [2.45, 2.75) is 24.1 Å². The van der Waals surface area contributed by atoms with Gasteiger partial charge in [-0.05, 0) is 0 Å². The molecule has 0 aliphatic heterocycles. The van der Waals surface area contributed by atoms with E-state index in [1.807, 2.05) is 0 Å². The maximum atomic E-state index is 11.8. The summed E-state index contributed by atoms with van der Waals surface area (Å²) in [6.45, 7) is 0. The van der Waals surface area contributed by atoms with E-state index in [9.17, 15) is 35.1 Å². The first-order valence-electron chi connectivity index (χ1n) is 2.71. The zero-order chi connectivity index (χ0) is 12.0. The van der Waals surface area contributed by atoms with Crippen LogP contribution in [0.15, 0.2) is 0 Å². The molecule has 11 heteroatoms. The third-order valence-electron chi connectivity index (χ3n) is 1.15. The number of rotatable bonds is 3. The summed E-state index contributed by atoms with van der Waals surface area (Å²) < 4.78 is 92.9. The Bertz CT molecular complexity index is 194. The molecular weight excluding hydrogens is 255 g/mol. The van der Waals surface area contributed by atoms with Crippen molar-refractivity contribution in [2.75, 3.05) is 0 Å². The third kappa shape index (κ3) is 2.93. The summed E-state index contributed by atoms with van der Waals surface area (Å²) in [5.74, 6) is -13.6. The molecule has 0 aromatic rings. The Morgan fingerprint density at radius 2 is 0.667 bits per heavy atom. The van der Waals surface area contributed by atoms with E-state index in [1.165, 1.54) is 0 Å². The normalized spacial score (nSPS) is 14.8. The molecule has 0 rings (SSSR count). The molecule has 0 aliphatic rings. The molecule has 88 valence electrons. The summed E-state index contributed by atoms with van der Waals surface area (Å²) in [7, 11) is 0. The maximum absolute atomic E-state index is 11.8. The molecule has 0 saturated carbocycles. The molecule has 0 aromatic carbocycles. The molecule has 0 bridgehead atoms. The Hall–Kier alpha value is 0.360. The van der Waals surface area contributed by atoms with Crippen LogP contribution in [0.25, 0.3) is 0 Å². The van der Waals surface area contributed by atoms with Crippen molar-refractivity contribution in [2.24, 2.45) is 0 Å². The Kier molecular flexibility index (Phi) is 5.11. The van der Waals surface area contributed by atoms with Gasteiger partial charge in [-0.3, -0.25) is 0 Å². The van der Waals surface area contributed by atoms with Gasteiger partial charge in [-0.25, -0.2) is 0 Å². The second-order valence-corrected chi connectivity index (χ2v) is 2.23. The first kappa shape index (κ1) is 17.7. The SMILES string of the molecule is OC(F)(F)C(F)(F)C(F)(F)C(O)(F)F.[NaH]. The zero-order valence-corrected chi connectivity index (χ0v) is 5.92. The molecule has 2 N–H and O–H groups in total. The molecular formula is C4H3F8NaO2. The number of alkyl halides is 8. The van der Waals surface area contributed by atoms with Crippen LogP contribution in [0.3, 0.4) is 0 Å². The van der Waals surface area contributed by atoms with E-state index < -0.39 is 24.1 Å². The number of halogens is 8. The van der Waals surface area contributed by atoms with E-state index in [-0.39, 0.29) is 29.6 Å². The van der Waals surface area contributed by atoms with E-state index >= 15 is 0 Å². The second-order valence-electron chi connectivity index (χ2n) is 2.23. The van der Waals surface area contributed by atoms with Crippen LogP contribution in [0.5, 0.6) is 0 Å². The molecule has 0 atom stereocenters. The van der Waals surface area contributed by atoms with Gasteiger partial charge in [0.15, 0.2) is 0 Å². The minimum atomic E-state index is -6.79. The fourth-order valence-electron chi connectivity index (χ4n) is 0.378. The standard InChI is InChI=1S/C4H2F8O2.Na.H/c5-1(6,3(9,10)13)2(7,8)4(11,12)14;;/h13-14H;;. The van der Waals surface area contributed by atoms with Crippen molar-refractivity contribution in [3.05, 3.63) is 0 Å². The summed E-state index contributed by atoms with van der Waals surface area (Å²) in [5.41, 5.74) is 0. The second kappa shape index (κ2) is 4.32. The summed E-state index contributed by atoms with van der Waals surface area (Å²) in [4.78, 5) is 0. The summed E-state index contributed by atoms with van der Waals surface area (Å²) in [6.07, 6.45) is -12.8. The predicted molar refractivity (Wildman–Crippen MR) is 31.4 cm³/mol. The van der Waals surface area contributed by atoms with Crippen molar-refractivity contribution in [1.82, 2.24) is 0 Å². The fraction of sp³-hybridized carbons (Fsp3) is 1.00. The van der Waals surface area contributed by atoms with Crippen LogP contribution >= 0.6 is 0 Å². The van der Waals surface area contributed by atoms with Crippen molar-refractivity contribution < 1.29 is 45.3 Å². The Balaban J connectivity index is 0. The van der Waals surface area contributed by atoms with Crippen LogP contribution in [0, 0.1) is 0 Å². The van der Waals surface area contributed by atoms with Crippen LogP contribution < -0.4 is 0 Å². The molecule has 0 heterocycles. The van der Waals surface area contributed by atoms with Crippen LogP contribution in [0.1, 0.15) is 0 Å². The molecule has 0 unspecified atom stereocenters. The monoisotopic (exact) mass is 258 g/mol. The van der Waals surface area contributed by atoms with Crippen molar-refractivity contribution >= 4 is 29.6 Å². The van der Waals surface area contributed by atoms with Gasteiger partial charge >= 0.3 is 53.6 Å².